The predicted octanol–water partition coefficient (Wildman–Crippen LogP) is 10.5. The highest BCUT2D eigenvalue weighted by Gasteiger charge is 2.13. The van der Waals surface area contributed by atoms with Gasteiger partial charge in [0.25, 0.3) is 0 Å². The van der Waals surface area contributed by atoms with Gasteiger partial charge in [-0.25, -0.2) is 0 Å². The molecule has 1 nitrogen and oxygen atoms in total. The van der Waals surface area contributed by atoms with E-state index in [9.17, 15) is 0 Å². The van der Waals surface area contributed by atoms with E-state index < -0.39 is 0 Å². The first-order valence-corrected chi connectivity index (χ1v) is 13.8. The van der Waals surface area contributed by atoms with E-state index in [-0.39, 0.29) is 0 Å². The lowest BCUT2D eigenvalue weighted by Crippen LogP contribution is -1.94. The molecule has 38 heavy (non-hydrogen) atoms. The van der Waals surface area contributed by atoms with Crippen LogP contribution in [0.1, 0.15) is 0 Å². The predicted molar refractivity (Wildman–Crippen MR) is 165 cm³/mol. The Morgan fingerprint density at radius 2 is 1.03 bits per heavy atom. The molecule has 0 atom stereocenters. The van der Waals surface area contributed by atoms with Crippen LogP contribution >= 0.6 is 11.3 Å². The van der Waals surface area contributed by atoms with Crippen molar-refractivity contribution in [1.82, 2.24) is 4.57 Å². The summed E-state index contributed by atoms with van der Waals surface area (Å²) in [7, 11) is 0. The van der Waals surface area contributed by atoms with E-state index in [1.165, 1.54) is 69.9 Å². The molecule has 2 aromatic heterocycles. The minimum Gasteiger partial charge on any atom is -0.309 e. The molecule has 0 spiro atoms. The third-order valence-corrected chi connectivity index (χ3v) is 8.75. The van der Waals surface area contributed by atoms with E-state index >= 15 is 0 Å². The number of hydrogen-bond acceptors (Lipinski definition) is 1. The van der Waals surface area contributed by atoms with Gasteiger partial charge in [-0.15, -0.1) is 11.3 Å². The Bertz CT molecular complexity index is 2070. The van der Waals surface area contributed by atoms with Crippen molar-refractivity contribution < 1.29 is 0 Å². The number of benzene rings is 6. The molecule has 2 heteroatoms. The molecular formula is C36H23NS. The third-order valence-electron chi connectivity index (χ3n) is 7.62. The van der Waals surface area contributed by atoms with Crippen molar-refractivity contribution in [3.63, 3.8) is 0 Å². The van der Waals surface area contributed by atoms with E-state index in [2.05, 4.69) is 144 Å². The SMILES string of the molecule is c1cc(-c2ccc(-c3cccc4sc5ccccc5c34)cc2)cc(-n2c3ccccc3c3ccccc32)c1. The van der Waals surface area contributed by atoms with E-state index in [1.807, 2.05) is 11.3 Å². The molecule has 0 fully saturated rings. The minimum absolute atomic E-state index is 1.18. The monoisotopic (exact) mass is 501 g/mol. The molecule has 0 aliphatic carbocycles. The molecule has 0 bridgehead atoms. The van der Waals surface area contributed by atoms with Crippen LogP contribution in [-0.2, 0) is 0 Å². The Morgan fingerprint density at radius 1 is 0.421 bits per heavy atom. The van der Waals surface area contributed by atoms with Gasteiger partial charge < -0.3 is 4.57 Å². The van der Waals surface area contributed by atoms with Crippen LogP contribution in [0.5, 0.6) is 0 Å². The van der Waals surface area contributed by atoms with Crippen molar-refractivity contribution in [3.8, 4) is 27.9 Å². The molecule has 0 unspecified atom stereocenters. The normalized spacial score (nSPS) is 11.7. The second-order valence-electron chi connectivity index (χ2n) is 9.77. The highest BCUT2D eigenvalue weighted by molar-refractivity contribution is 7.25. The molecule has 0 aliphatic heterocycles. The van der Waals surface area contributed by atoms with Crippen LogP contribution in [0.3, 0.4) is 0 Å². The number of para-hydroxylation sites is 2. The van der Waals surface area contributed by atoms with E-state index in [0.29, 0.717) is 0 Å². The van der Waals surface area contributed by atoms with Gasteiger partial charge >= 0.3 is 0 Å². The molecule has 2 heterocycles. The number of rotatable bonds is 3. The molecule has 0 amide bonds. The second kappa shape index (κ2) is 8.44. The summed E-state index contributed by atoms with van der Waals surface area (Å²) in [4.78, 5) is 0. The lowest BCUT2D eigenvalue weighted by atomic mass is 9.97. The molecule has 0 saturated carbocycles. The van der Waals surface area contributed by atoms with Crippen LogP contribution in [-0.4, -0.2) is 4.57 Å². The maximum absolute atomic E-state index is 2.38. The first-order chi connectivity index (χ1) is 18.8. The number of fused-ring (bicyclic) bond motifs is 6. The molecule has 0 saturated heterocycles. The van der Waals surface area contributed by atoms with Gasteiger partial charge in [-0.3, -0.25) is 0 Å². The van der Waals surface area contributed by atoms with Gasteiger partial charge in [0.05, 0.1) is 11.0 Å². The van der Waals surface area contributed by atoms with Crippen LogP contribution in [0, 0.1) is 0 Å². The van der Waals surface area contributed by atoms with E-state index in [4.69, 9.17) is 0 Å². The van der Waals surface area contributed by atoms with Crippen LogP contribution in [0.4, 0.5) is 0 Å². The molecule has 0 aliphatic rings. The molecule has 178 valence electrons. The van der Waals surface area contributed by atoms with Crippen molar-refractivity contribution >= 4 is 53.3 Å². The van der Waals surface area contributed by atoms with Crippen molar-refractivity contribution in [2.75, 3.05) is 0 Å². The first-order valence-electron chi connectivity index (χ1n) is 12.9. The fourth-order valence-electron chi connectivity index (χ4n) is 5.88. The first kappa shape index (κ1) is 21.4. The lowest BCUT2D eigenvalue weighted by Gasteiger charge is -2.11. The molecule has 8 aromatic rings. The summed E-state index contributed by atoms with van der Waals surface area (Å²) in [5, 5.41) is 5.27. The smallest absolute Gasteiger partial charge is 0.0541 e. The van der Waals surface area contributed by atoms with Crippen molar-refractivity contribution in [2.45, 2.75) is 0 Å². The van der Waals surface area contributed by atoms with Crippen LogP contribution in [0.15, 0.2) is 140 Å². The van der Waals surface area contributed by atoms with Gasteiger partial charge in [0, 0.05) is 36.6 Å². The zero-order valence-electron chi connectivity index (χ0n) is 20.6. The van der Waals surface area contributed by atoms with E-state index in [0.717, 1.165) is 0 Å². The summed E-state index contributed by atoms with van der Waals surface area (Å²) in [6, 6.07) is 50.7. The molecule has 6 aromatic carbocycles. The molecule has 0 N–H and O–H groups in total. The summed E-state index contributed by atoms with van der Waals surface area (Å²) in [5.41, 5.74) is 8.63. The van der Waals surface area contributed by atoms with Crippen LogP contribution in [0.25, 0.3) is 69.9 Å². The summed E-state index contributed by atoms with van der Waals surface area (Å²) < 4.78 is 5.06. The van der Waals surface area contributed by atoms with Gasteiger partial charge in [-0.1, -0.05) is 103 Å². The number of aromatic nitrogens is 1. The topological polar surface area (TPSA) is 4.93 Å². The Labute approximate surface area is 224 Å². The van der Waals surface area contributed by atoms with Gasteiger partial charge in [-0.2, -0.15) is 0 Å². The van der Waals surface area contributed by atoms with Gasteiger partial charge in [0.2, 0.25) is 0 Å². The quantitative estimate of drug-likeness (QED) is 0.227. The summed E-state index contributed by atoms with van der Waals surface area (Å²) in [5.74, 6) is 0. The fraction of sp³-hybridized carbons (Fsp3) is 0. The Balaban J connectivity index is 1.24. The standard InChI is InChI=1S/C36H23NS/c1-4-15-32-29(11-1)30-12-2-5-16-33(30)37(32)27-10-7-9-26(23-27)24-19-21-25(22-20-24)28-14-8-18-35-36(28)31-13-3-6-17-34(31)38-35/h1-23H. The number of nitrogens with zero attached hydrogens (tertiary/aromatic N) is 1. The highest BCUT2D eigenvalue weighted by atomic mass is 32.1. The zero-order valence-corrected chi connectivity index (χ0v) is 21.5. The summed E-state index contributed by atoms with van der Waals surface area (Å²) in [6.45, 7) is 0. The lowest BCUT2D eigenvalue weighted by molar-refractivity contribution is 1.18. The van der Waals surface area contributed by atoms with Crippen molar-refractivity contribution in [1.29, 1.82) is 0 Å². The van der Waals surface area contributed by atoms with Crippen molar-refractivity contribution in [2.24, 2.45) is 0 Å². The molecule has 8 rings (SSSR count). The van der Waals surface area contributed by atoms with Crippen LogP contribution in [0.2, 0.25) is 0 Å². The minimum atomic E-state index is 1.18. The summed E-state index contributed by atoms with van der Waals surface area (Å²) >= 11 is 1.87. The maximum Gasteiger partial charge on any atom is 0.0541 e. The molecule has 0 radical (unpaired) electrons. The summed E-state index contributed by atoms with van der Waals surface area (Å²) in [6.07, 6.45) is 0. The number of thiophene rings is 1. The van der Waals surface area contributed by atoms with E-state index in [1.54, 1.807) is 0 Å². The average Bonchev–Trinajstić information content (AvgIpc) is 3.53. The average molecular weight is 502 g/mol. The van der Waals surface area contributed by atoms with Gasteiger partial charge in [0.15, 0.2) is 0 Å². The largest absolute Gasteiger partial charge is 0.309 e. The fourth-order valence-corrected chi connectivity index (χ4v) is 7.01. The number of hydrogen-bond donors (Lipinski definition) is 0. The third kappa shape index (κ3) is 3.24. The van der Waals surface area contributed by atoms with Gasteiger partial charge in [0.1, 0.15) is 0 Å². The Kier molecular flexibility index (Phi) is 4.76. The maximum atomic E-state index is 2.38. The van der Waals surface area contributed by atoms with Crippen LogP contribution < -0.4 is 0 Å². The zero-order chi connectivity index (χ0) is 25.1. The van der Waals surface area contributed by atoms with Gasteiger partial charge in [-0.05, 0) is 58.7 Å². The Morgan fingerprint density at radius 3 is 1.79 bits per heavy atom. The molecular weight excluding hydrogens is 478 g/mol. The highest BCUT2D eigenvalue weighted by Crippen LogP contribution is 2.40. The Hall–Kier alpha value is -4.66. The second-order valence-corrected chi connectivity index (χ2v) is 10.9. The van der Waals surface area contributed by atoms with Crippen molar-refractivity contribution in [3.05, 3.63) is 140 Å².